The fourth-order valence-corrected chi connectivity index (χ4v) is 4.07. The molecule has 4 atom stereocenters. The van der Waals surface area contributed by atoms with Crippen molar-refractivity contribution in [2.24, 2.45) is 22.7 Å². The lowest BCUT2D eigenvalue weighted by molar-refractivity contribution is 0.107. The Balaban J connectivity index is 0.00000113. The molecule has 1 aromatic carbocycles. The van der Waals surface area contributed by atoms with E-state index in [9.17, 15) is 4.79 Å². The summed E-state index contributed by atoms with van der Waals surface area (Å²) in [6.45, 7) is 0.807. The van der Waals surface area contributed by atoms with Crippen molar-refractivity contribution in [3.05, 3.63) is 71.5 Å². The molecule has 1 fully saturated rings. The predicted molar refractivity (Wildman–Crippen MR) is 107 cm³/mol. The molecule has 0 bridgehead atoms. The minimum absolute atomic E-state index is 0. The molecule has 1 aromatic rings. The minimum atomic E-state index is -0.407. The van der Waals surface area contributed by atoms with Crippen molar-refractivity contribution in [1.29, 1.82) is 0 Å². The molecular formula is C19H19Cl3N2O. The largest absolute Gasteiger partial charge is 0.381 e. The molecule has 4 rings (SSSR count). The number of piperidine rings is 1. The molecule has 0 radical (unpaired) electrons. The Morgan fingerprint density at radius 1 is 1.12 bits per heavy atom. The van der Waals surface area contributed by atoms with Crippen LogP contribution in [0.1, 0.15) is 22.0 Å². The number of nitrogens with one attached hydrogen (secondary N) is 1. The number of aliphatic imine (C=N–C) groups is 1. The smallest absolute Gasteiger partial charge is 0.252 e. The van der Waals surface area contributed by atoms with Gasteiger partial charge in [0.05, 0.1) is 6.04 Å². The number of allylic oxidation sites excluding steroid dienone is 4. The van der Waals surface area contributed by atoms with Crippen LogP contribution in [-0.4, -0.2) is 18.0 Å². The Morgan fingerprint density at radius 2 is 1.84 bits per heavy atom. The van der Waals surface area contributed by atoms with E-state index in [1.165, 1.54) is 5.70 Å². The van der Waals surface area contributed by atoms with E-state index in [1.54, 1.807) is 6.07 Å². The zero-order chi connectivity index (χ0) is 15.8. The number of rotatable bonds is 2. The van der Waals surface area contributed by atoms with E-state index >= 15 is 0 Å². The second kappa shape index (κ2) is 8.22. The Morgan fingerprint density at radius 3 is 2.60 bits per heavy atom. The number of halogens is 3. The zero-order valence-corrected chi connectivity index (χ0v) is 15.7. The van der Waals surface area contributed by atoms with Crippen LogP contribution >= 0.6 is 36.4 Å². The molecule has 3 aliphatic rings. The third kappa shape index (κ3) is 3.55. The molecule has 0 saturated carbocycles. The molecule has 0 spiro atoms. The molecule has 2 heterocycles. The van der Waals surface area contributed by atoms with Gasteiger partial charge in [-0.25, -0.2) is 0 Å². The Labute approximate surface area is 164 Å². The average molecular weight is 398 g/mol. The highest BCUT2D eigenvalue weighted by molar-refractivity contribution is 6.67. The fourth-order valence-electron chi connectivity index (χ4n) is 3.90. The van der Waals surface area contributed by atoms with E-state index in [0.717, 1.165) is 12.1 Å². The average Bonchev–Trinajstić information content (AvgIpc) is 2.61. The summed E-state index contributed by atoms with van der Waals surface area (Å²) in [5.41, 5.74) is 2.74. The number of fused-ring (bicyclic) bond motifs is 3. The van der Waals surface area contributed by atoms with Gasteiger partial charge in [0.2, 0.25) is 0 Å². The molecule has 0 aromatic heterocycles. The topological polar surface area (TPSA) is 41.5 Å². The molecule has 1 aliphatic carbocycles. The molecular weight excluding hydrogens is 379 g/mol. The predicted octanol–water partition coefficient (Wildman–Crippen LogP) is 4.50. The number of hydrogen-bond acceptors (Lipinski definition) is 3. The maximum Gasteiger partial charge on any atom is 0.252 e. The van der Waals surface area contributed by atoms with Crippen LogP contribution in [0.25, 0.3) is 0 Å². The third-order valence-corrected chi connectivity index (χ3v) is 5.17. The van der Waals surface area contributed by atoms with E-state index in [1.807, 2.05) is 24.4 Å². The van der Waals surface area contributed by atoms with Crippen LogP contribution in [0.3, 0.4) is 0 Å². The monoisotopic (exact) mass is 396 g/mol. The van der Waals surface area contributed by atoms with Crippen LogP contribution in [0.4, 0.5) is 0 Å². The standard InChI is InChI=1S/C19H17ClN2O.2ClH/c20-19(23)15-8-4-3-7-14(15)18-13-6-2-1-5-12(13)16-11-21-10-9-17(16)22-18;;/h1-10,12-13,16,18,22H,11H2;2*1H. The summed E-state index contributed by atoms with van der Waals surface area (Å²) in [6, 6.07) is 7.64. The van der Waals surface area contributed by atoms with Crippen molar-refractivity contribution in [3.63, 3.8) is 0 Å². The summed E-state index contributed by atoms with van der Waals surface area (Å²) in [5, 5.41) is 3.23. The second-order valence-electron chi connectivity index (χ2n) is 6.15. The van der Waals surface area contributed by atoms with E-state index in [-0.39, 0.29) is 36.8 Å². The van der Waals surface area contributed by atoms with Gasteiger partial charge in [-0.05, 0) is 35.2 Å². The van der Waals surface area contributed by atoms with Crippen molar-refractivity contribution >= 4 is 47.9 Å². The molecule has 6 heteroatoms. The van der Waals surface area contributed by atoms with Crippen LogP contribution < -0.4 is 5.32 Å². The van der Waals surface area contributed by atoms with Crippen LogP contribution in [-0.2, 0) is 0 Å². The third-order valence-electron chi connectivity index (χ3n) is 4.96. The first-order chi connectivity index (χ1) is 11.3. The summed E-state index contributed by atoms with van der Waals surface area (Å²) in [7, 11) is 0. The molecule has 1 N–H and O–H groups in total. The summed E-state index contributed by atoms with van der Waals surface area (Å²) < 4.78 is 0. The number of carbonyl (C=O) groups excluding carboxylic acids is 1. The van der Waals surface area contributed by atoms with Crippen LogP contribution in [0, 0.1) is 17.8 Å². The number of dihydropyridines is 1. The van der Waals surface area contributed by atoms with Crippen molar-refractivity contribution in [3.8, 4) is 0 Å². The number of carbonyl (C=O) groups is 1. The normalized spacial score (nSPS) is 28.4. The Hall–Kier alpha value is -1.55. The maximum absolute atomic E-state index is 11.8. The number of nitrogens with zero attached hydrogens (tertiary/aromatic N) is 1. The van der Waals surface area contributed by atoms with E-state index in [0.29, 0.717) is 17.4 Å². The molecule has 4 unspecified atom stereocenters. The first-order valence-corrected chi connectivity index (χ1v) is 8.24. The minimum Gasteiger partial charge on any atom is -0.381 e. The van der Waals surface area contributed by atoms with Crippen molar-refractivity contribution < 1.29 is 4.79 Å². The second-order valence-corrected chi connectivity index (χ2v) is 6.49. The van der Waals surface area contributed by atoms with Gasteiger partial charge in [0.25, 0.3) is 5.24 Å². The van der Waals surface area contributed by atoms with Gasteiger partial charge in [0, 0.05) is 35.9 Å². The molecule has 132 valence electrons. The molecule has 3 nitrogen and oxygen atoms in total. The van der Waals surface area contributed by atoms with Gasteiger partial charge in [0.15, 0.2) is 0 Å². The van der Waals surface area contributed by atoms with E-state index in [2.05, 4.69) is 40.7 Å². The zero-order valence-electron chi connectivity index (χ0n) is 13.3. The fraction of sp³-hybridized carbons (Fsp3) is 0.263. The number of benzene rings is 1. The van der Waals surface area contributed by atoms with Crippen LogP contribution in [0.2, 0.25) is 0 Å². The van der Waals surface area contributed by atoms with Gasteiger partial charge in [0.1, 0.15) is 0 Å². The lowest BCUT2D eigenvalue weighted by Crippen LogP contribution is -2.45. The summed E-state index contributed by atoms with van der Waals surface area (Å²) >= 11 is 5.81. The van der Waals surface area contributed by atoms with Gasteiger partial charge in [-0.1, -0.05) is 42.5 Å². The van der Waals surface area contributed by atoms with Gasteiger partial charge in [-0.2, -0.15) is 0 Å². The van der Waals surface area contributed by atoms with Crippen LogP contribution in [0.15, 0.2) is 65.3 Å². The lowest BCUT2D eigenvalue weighted by atomic mass is 9.68. The number of hydrogen-bond donors (Lipinski definition) is 1. The highest BCUT2D eigenvalue weighted by atomic mass is 35.5. The Kier molecular flexibility index (Phi) is 6.50. The van der Waals surface area contributed by atoms with E-state index < -0.39 is 5.24 Å². The lowest BCUT2D eigenvalue weighted by Gasteiger charge is -2.45. The van der Waals surface area contributed by atoms with Crippen molar-refractivity contribution in [2.75, 3.05) is 6.54 Å². The molecule has 0 amide bonds. The van der Waals surface area contributed by atoms with Crippen LogP contribution in [0.5, 0.6) is 0 Å². The summed E-state index contributed by atoms with van der Waals surface area (Å²) in [4.78, 5) is 16.2. The van der Waals surface area contributed by atoms with Gasteiger partial charge in [-0.15, -0.1) is 24.8 Å². The van der Waals surface area contributed by atoms with E-state index in [4.69, 9.17) is 11.6 Å². The highest BCUT2D eigenvalue weighted by Gasteiger charge is 2.41. The van der Waals surface area contributed by atoms with Crippen molar-refractivity contribution in [2.45, 2.75) is 6.04 Å². The summed E-state index contributed by atoms with van der Waals surface area (Å²) in [6.07, 6.45) is 12.6. The van der Waals surface area contributed by atoms with Gasteiger partial charge < -0.3 is 5.32 Å². The first kappa shape index (κ1) is 19.8. The van der Waals surface area contributed by atoms with Crippen molar-refractivity contribution in [1.82, 2.24) is 5.32 Å². The van der Waals surface area contributed by atoms with Gasteiger partial charge >= 0.3 is 0 Å². The molecule has 1 saturated heterocycles. The van der Waals surface area contributed by atoms with Gasteiger partial charge in [-0.3, -0.25) is 9.79 Å². The molecule has 2 aliphatic heterocycles. The Bertz CT molecular complexity index is 770. The maximum atomic E-state index is 11.8. The highest BCUT2D eigenvalue weighted by Crippen LogP contribution is 2.45. The quantitative estimate of drug-likeness (QED) is 0.747. The SMILES string of the molecule is Cl.Cl.O=C(Cl)c1ccccc1C1NC2=CC=NCC2C2C=CC=CC12. The molecule has 25 heavy (non-hydrogen) atoms. The summed E-state index contributed by atoms with van der Waals surface area (Å²) in [5.74, 6) is 1.04. The first-order valence-electron chi connectivity index (χ1n) is 7.86.